The van der Waals surface area contributed by atoms with Gasteiger partial charge in [0.1, 0.15) is 5.60 Å². The first-order chi connectivity index (χ1) is 12.7. The molecule has 1 heterocycles. The highest BCUT2D eigenvalue weighted by Gasteiger charge is 2.27. The maximum atomic E-state index is 12.6. The molecule has 3 nitrogen and oxygen atoms in total. The predicted octanol–water partition coefficient (Wildman–Crippen LogP) is 4.56. The molecule has 0 bridgehead atoms. The van der Waals surface area contributed by atoms with Crippen molar-refractivity contribution in [2.45, 2.75) is 45.0 Å². The van der Waals surface area contributed by atoms with Crippen LogP contribution in [0.2, 0.25) is 0 Å². The Hall–Kier alpha value is -1.03. The molecule has 110 valence electrons. The smallest absolute Gasteiger partial charge is 0.410 e. The number of nitrogens with zero attached hydrogens (tertiary/aromatic N) is 1. The normalized spacial score (nSPS) is 35.4. The van der Waals surface area contributed by atoms with Crippen LogP contribution in [0.15, 0.2) is 28.7 Å². The lowest BCUT2D eigenvalue weighted by molar-refractivity contribution is 0.0205. The summed E-state index contributed by atoms with van der Waals surface area (Å²) in [6, 6.07) is 5.29. The van der Waals surface area contributed by atoms with E-state index in [0.29, 0.717) is 4.47 Å². The van der Waals surface area contributed by atoms with Gasteiger partial charge in [-0.25, -0.2) is 4.79 Å². The number of rotatable bonds is 1. The summed E-state index contributed by atoms with van der Waals surface area (Å²) in [5.74, 6) is -3.04. The van der Waals surface area contributed by atoms with Gasteiger partial charge in [0, 0.05) is 29.8 Å². The van der Waals surface area contributed by atoms with Crippen LogP contribution in [0.1, 0.15) is 57.3 Å². The molecule has 1 saturated heterocycles. The molecule has 0 unspecified atom stereocenters. The second kappa shape index (κ2) is 6.17. The van der Waals surface area contributed by atoms with Crippen molar-refractivity contribution in [2.75, 3.05) is 13.0 Å². The maximum absolute atomic E-state index is 12.6. The molecule has 1 aromatic carbocycles. The fourth-order valence-electron chi connectivity index (χ4n) is 1.44. The minimum absolute atomic E-state index is 0.198. The molecule has 0 spiro atoms. The van der Waals surface area contributed by atoms with Crippen LogP contribution >= 0.6 is 15.9 Å². The number of halogens is 1. The topological polar surface area (TPSA) is 29.5 Å². The van der Waals surface area contributed by atoms with Crippen LogP contribution in [0.25, 0.3) is 0 Å². The molecule has 0 atom stereocenters. The summed E-state index contributed by atoms with van der Waals surface area (Å²) < 4.78 is 81.1. The number of ether oxygens (including phenoxy) is 1. The van der Waals surface area contributed by atoms with Gasteiger partial charge in [-0.2, -0.15) is 0 Å². The molecule has 1 fully saturated rings. The highest BCUT2D eigenvalue weighted by molar-refractivity contribution is 9.10. The van der Waals surface area contributed by atoms with Crippen LogP contribution < -0.4 is 0 Å². The van der Waals surface area contributed by atoms with E-state index < -0.39 is 43.3 Å². The summed E-state index contributed by atoms with van der Waals surface area (Å²) in [6.07, 6.45) is -8.28. The number of carbonyl (C=O) groups is 1. The Labute approximate surface area is 142 Å². The van der Waals surface area contributed by atoms with Crippen molar-refractivity contribution in [2.24, 2.45) is 0 Å². The minimum atomic E-state index is -3.42. The fraction of sp³-hybridized carbons (Fsp3) is 0.562. The summed E-state index contributed by atoms with van der Waals surface area (Å²) in [5.41, 5.74) is -1.43. The third-order valence-corrected chi connectivity index (χ3v) is 2.82. The third-order valence-electron chi connectivity index (χ3n) is 2.29. The molecular weight excluding hydrogens is 318 g/mol. The largest absolute Gasteiger partial charge is 0.444 e. The summed E-state index contributed by atoms with van der Waals surface area (Å²) >= 11 is 3.18. The lowest BCUT2D eigenvalue weighted by Crippen LogP contribution is -2.41. The van der Waals surface area contributed by atoms with Crippen molar-refractivity contribution in [1.82, 2.24) is 4.90 Å². The molecule has 0 saturated carbocycles. The standard InChI is InChI=1S/C16H22BrNO2/c1-16(2,3)20-15(19)18-10-8-13(9-11-18)12-4-6-14(17)7-5-12/h4-7,13H,8-11H2,1-3H3/i8D2,9D2,10D2,11D2,13D. The fourth-order valence-corrected chi connectivity index (χ4v) is 1.71. The summed E-state index contributed by atoms with van der Waals surface area (Å²) in [7, 11) is 0. The van der Waals surface area contributed by atoms with Crippen LogP contribution in [0, 0.1) is 0 Å². The number of hydrogen-bond donors (Lipinski definition) is 0. The van der Waals surface area contributed by atoms with E-state index in [1.54, 1.807) is 0 Å². The van der Waals surface area contributed by atoms with Gasteiger partial charge in [-0.3, -0.25) is 0 Å². The number of benzene rings is 1. The molecule has 0 aliphatic carbocycles. The van der Waals surface area contributed by atoms with Crippen molar-refractivity contribution < 1.29 is 21.9 Å². The lowest BCUT2D eigenvalue weighted by Gasteiger charge is -2.33. The Bertz CT molecular complexity index is 778. The molecular formula is C16H22BrNO2. The van der Waals surface area contributed by atoms with Crippen molar-refractivity contribution in [3.63, 3.8) is 0 Å². The van der Waals surface area contributed by atoms with Crippen LogP contribution in [-0.2, 0) is 4.74 Å². The van der Waals surface area contributed by atoms with Gasteiger partial charge in [-0.15, -0.1) is 0 Å². The summed E-state index contributed by atoms with van der Waals surface area (Å²) in [6.45, 7) is -2.46. The average molecular weight is 349 g/mol. The van der Waals surface area contributed by atoms with Crippen molar-refractivity contribution >= 4 is 22.0 Å². The molecule has 1 aromatic rings. The minimum Gasteiger partial charge on any atom is -0.444 e. The summed E-state index contributed by atoms with van der Waals surface area (Å²) in [5, 5.41) is 0. The Kier molecular flexibility index (Phi) is 2.25. The first-order valence-corrected chi connectivity index (χ1v) is 6.84. The number of amides is 1. The average Bonchev–Trinajstić information content (AvgIpc) is 2.50. The zero-order chi connectivity index (χ0) is 22.8. The van der Waals surface area contributed by atoms with Crippen molar-refractivity contribution in [3.05, 3.63) is 34.3 Å². The SMILES string of the molecule is [2H]C1([2H])N(C(=O)OC(C)(C)C)C([2H])([2H])C([2H])([2H])C([2H])(c2ccc(Br)cc2)C1([2H])[2H]. The van der Waals surface area contributed by atoms with E-state index in [1.807, 2.05) is 0 Å². The molecule has 0 aromatic heterocycles. The van der Waals surface area contributed by atoms with E-state index in [1.165, 1.54) is 45.0 Å². The predicted molar refractivity (Wildman–Crippen MR) is 83.9 cm³/mol. The molecule has 0 radical (unpaired) electrons. The second-order valence-corrected chi connectivity index (χ2v) is 6.09. The quantitative estimate of drug-likeness (QED) is 0.744. The Morgan fingerprint density at radius 2 is 1.90 bits per heavy atom. The van der Waals surface area contributed by atoms with Crippen LogP contribution in [0.5, 0.6) is 0 Å². The monoisotopic (exact) mass is 348 g/mol. The van der Waals surface area contributed by atoms with Crippen LogP contribution in [-0.4, -0.2) is 29.6 Å². The number of likely N-dealkylation sites (tertiary alicyclic amines) is 1. The van der Waals surface area contributed by atoms with E-state index >= 15 is 0 Å². The third kappa shape index (κ3) is 4.23. The van der Waals surface area contributed by atoms with Gasteiger partial charge in [0.2, 0.25) is 0 Å². The Morgan fingerprint density at radius 1 is 1.35 bits per heavy atom. The highest BCUT2D eigenvalue weighted by Crippen LogP contribution is 2.29. The van der Waals surface area contributed by atoms with Gasteiger partial charge in [-0.1, -0.05) is 28.1 Å². The van der Waals surface area contributed by atoms with E-state index in [-0.39, 0.29) is 10.5 Å². The number of piperidine rings is 1. The Balaban J connectivity index is 2.79. The molecule has 2 rings (SSSR count). The van der Waals surface area contributed by atoms with Crippen molar-refractivity contribution in [1.29, 1.82) is 0 Å². The molecule has 0 N–H and O–H groups in total. The van der Waals surface area contributed by atoms with Gasteiger partial charge in [-0.05, 0) is 57.1 Å². The van der Waals surface area contributed by atoms with Gasteiger partial charge in [0.15, 0.2) is 0 Å². The zero-order valence-electron chi connectivity index (χ0n) is 20.5. The van der Waals surface area contributed by atoms with Gasteiger partial charge >= 0.3 is 6.09 Å². The van der Waals surface area contributed by atoms with Crippen LogP contribution in [0.4, 0.5) is 4.79 Å². The first-order valence-electron chi connectivity index (χ1n) is 10.5. The number of carbonyl (C=O) groups excluding carboxylic acids is 1. The van der Waals surface area contributed by atoms with Crippen molar-refractivity contribution in [3.8, 4) is 0 Å². The van der Waals surface area contributed by atoms with Crippen LogP contribution in [0.3, 0.4) is 0 Å². The summed E-state index contributed by atoms with van der Waals surface area (Å²) in [4.78, 5) is 12.4. The molecule has 1 amide bonds. The molecule has 20 heavy (non-hydrogen) atoms. The molecule has 1 aliphatic heterocycles. The maximum Gasteiger partial charge on any atom is 0.410 e. The zero-order valence-corrected chi connectivity index (χ0v) is 13.0. The van der Waals surface area contributed by atoms with E-state index in [4.69, 9.17) is 17.1 Å². The number of hydrogen-bond acceptors (Lipinski definition) is 2. The molecule has 4 heteroatoms. The second-order valence-electron chi connectivity index (χ2n) is 5.17. The van der Waals surface area contributed by atoms with E-state index in [0.717, 1.165) is 0 Å². The first kappa shape index (κ1) is 7.30. The molecule has 1 aliphatic rings. The van der Waals surface area contributed by atoms with Gasteiger partial charge < -0.3 is 9.64 Å². The van der Waals surface area contributed by atoms with Gasteiger partial charge in [0.25, 0.3) is 0 Å². The van der Waals surface area contributed by atoms with Gasteiger partial charge in [0.05, 0.1) is 0 Å². The van der Waals surface area contributed by atoms with E-state index in [2.05, 4.69) is 15.9 Å². The Morgan fingerprint density at radius 3 is 2.40 bits per heavy atom. The van der Waals surface area contributed by atoms with E-state index in [9.17, 15) is 4.79 Å². The lowest BCUT2D eigenvalue weighted by atomic mass is 9.90. The highest BCUT2D eigenvalue weighted by atomic mass is 79.9.